The summed E-state index contributed by atoms with van der Waals surface area (Å²) in [5, 5.41) is 1.37. The molecular formula is C16H22N2O. The molecule has 0 aliphatic heterocycles. The highest BCUT2D eigenvalue weighted by atomic mass is 16.5. The van der Waals surface area contributed by atoms with Crippen LogP contribution in [0.3, 0.4) is 0 Å². The molecule has 1 heterocycles. The summed E-state index contributed by atoms with van der Waals surface area (Å²) in [6.07, 6.45) is 4.98. The van der Waals surface area contributed by atoms with E-state index in [1.807, 2.05) is 6.92 Å². The van der Waals surface area contributed by atoms with E-state index in [2.05, 4.69) is 22.8 Å². The van der Waals surface area contributed by atoms with E-state index in [1.165, 1.54) is 47.8 Å². The number of hydrogen-bond acceptors (Lipinski definition) is 2. The fourth-order valence-electron chi connectivity index (χ4n) is 3.26. The number of aryl methyl sites for hydroxylation is 1. The molecule has 1 aliphatic rings. The van der Waals surface area contributed by atoms with Crippen LogP contribution in [0.2, 0.25) is 0 Å². The van der Waals surface area contributed by atoms with Gasteiger partial charge in [0.05, 0.1) is 6.61 Å². The maximum absolute atomic E-state index is 5.78. The predicted molar refractivity (Wildman–Crippen MR) is 78.8 cm³/mol. The van der Waals surface area contributed by atoms with Crippen molar-refractivity contribution in [1.29, 1.82) is 0 Å². The highest BCUT2D eigenvalue weighted by molar-refractivity contribution is 5.87. The van der Waals surface area contributed by atoms with Crippen molar-refractivity contribution < 1.29 is 4.74 Å². The summed E-state index contributed by atoms with van der Waals surface area (Å²) in [6, 6.07) is 6.47. The first kappa shape index (κ1) is 12.5. The molecule has 3 rings (SSSR count). The Bertz CT molecular complexity index is 586. The van der Waals surface area contributed by atoms with Gasteiger partial charge in [-0.2, -0.15) is 0 Å². The normalized spacial score (nSPS) is 14.6. The molecule has 0 spiro atoms. The van der Waals surface area contributed by atoms with Gasteiger partial charge in [-0.25, -0.2) is 0 Å². The summed E-state index contributed by atoms with van der Waals surface area (Å²) in [4.78, 5) is 0. The molecule has 0 unspecified atom stereocenters. The van der Waals surface area contributed by atoms with Crippen molar-refractivity contribution in [2.75, 3.05) is 13.2 Å². The largest absolute Gasteiger partial charge is 0.494 e. The smallest absolute Gasteiger partial charge is 0.120 e. The van der Waals surface area contributed by atoms with Crippen LogP contribution in [-0.4, -0.2) is 17.7 Å². The van der Waals surface area contributed by atoms with Gasteiger partial charge in [0.1, 0.15) is 5.75 Å². The Labute approximate surface area is 114 Å². The molecule has 102 valence electrons. The first-order valence-corrected chi connectivity index (χ1v) is 7.32. The Morgan fingerprint density at radius 2 is 2.11 bits per heavy atom. The molecule has 2 N–H and O–H groups in total. The zero-order chi connectivity index (χ0) is 13.2. The Kier molecular flexibility index (Phi) is 3.47. The molecule has 0 saturated heterocycles. The fourth-order valence-corrected chi connectivity index (χ4v) is 3.26. The van der Waals surface area contributed by atoms with Gasteiger partial charge in [-0.1, -0.05) is 0 Å². The van der Waals surface area contributed by atoms with E-state index in [4.69, 9.17) is 10.5 Å². The second-order valence-corrected chi connectivity index (χ2v) is 5.18. The third kappa shape index (κ3) is 2.12. The van der Waals surface area contributed by atoms with Crippen molar-refractivity contribution in [3.8, 4) is 5.75 Å². The van der Waals surface area contributed by atoms with Gasteiger partial charge < -0.3 is 15.0 Å². The molecule has 3 heteroatoms. The van der Waals surface area contributed by atoms with Crippen LogP contribution >= 0.6 is 0 Å². The Morgan fingerprint density at radius 3 is 2.89 bits per heavy atom. The Morgan fingerprint density at radius 1 is 1.26 bits per heavy atom. The van der Waals surface area contributed by atoms with Gasteiger partial charge in [-0.05, 0) is 56.4 Å². The first-order chi connectivity index (χ1) is 9.35. The molecule has 0 saturated carbocycles. The number of benzene rings is 1. The van der Waals surface area contributed by atoms with Crippen molar-refractivity contribution in [1.82, 2.24) is 4.57 Å². The lowest BCUT2D eigenvalue weighted by Gasteiger charge is -2.15. The molecule has 0 fully saturated rings. The van der Waals surface area contributed by atoms with Crippen LogP contribution in [0.1, 0.15) is 31.0 Å². The average molecular weight is 258 g/mol. The van der Waals surface area contributed by atoms with Gasteiger partial charge in [0.25, 0.3) is 0 Å². The highest BCUT2D eigenvalue weighted by Crippen LogP contribution is 2.34. The summed E-state index contributed by atoms with van der Waals surface area (Å²) in [5.74, 6) is 0.980. The van der Waals surface area contributed by atoms with Gasteiger partial charge in [-0.3, -0.25) is 0 Å². The Hall–Kier alpha value is -1.48. The van der Waals surface area contributed by atoms with Gasteiger partial charge >= 0.3 is 0 Å². The maximum Gasteiger partial charge on any atom is 0.120 e. The summed E-state index contributed by atoms with van der Waals surface area (Å²) in [7, 11) is 0. The van der Waals surface area contributed by atoms with Crippen molar-refractivity contribution in [3.05, 3.63) is 29.5 Å². The summed E-state index contributed by atoms with van der Waals surface area (Å²) < 4.78 is 8.06. The molecule has 3 nitrogen and oxygen atoms in total. The first-order valence-electron chi connectivity index (χ1n) is 7.32. The standard InChI is InChI=1S/C16H22N2O/c1-2-19-12-7-8-16-14(11-12)13-5-3-4-6-15(13)18(16)10-9-17/h7-8,11H,2-6,9-10,17H2,1H3. The van der Waals surface area contributed by atoms with Crippen molar-refractivity contribution in [2.24, 2.45) is 5.73 Å². The predicted octanol–water partition coefficient (Wildman–Crippen LogP) is 2.88. The monoisotopic (exact) mass is 258 g/mol. The molecule has 0 radical (unpaired) electrons. The van der Waals surface area contributed by atoms with Crippen molar-refractivity contribution >= 4 is 10.9 Å². The quantitative estimate of drug-likeness (QED) is 0.916. The third-order valence-electron chi connectivity index (χ3n) is 4.01. The lowest BCUT2D eigenvalue weighted by Crippen LogP contribution is -2.14. The highest BCUT2D eigenvalue weighted by Gasteiger charge is 2.19. The average Bonchev–Trinajstić information content (AvgIpc) is 2.75. The summed E-state index contributed by atoms with van der Waals surface area (Å²) in [5.41, 5.74) is 10.1. The third-order valence-corrected chi connectivity index (χ3v) is 4.01. The molecule has 0 atom stereocenters. The molecule has 1 aromatic heterocycles. The number of rotatable bonds is 4. The van der Waals surface area contributed by atoms with E-state index in [0.29, 0.717) is 6.54 Å². The number of nitrogens with zero attached hydrogens (tertiary/aromatic N) is 1. The molecule has 1 aliphatic carbocycles. The lowest BCUT2D eigenvalue weighted by atomic mass is 9.95. The van der Waals surface area contributed by atoms with E-state index in [-0.39, 0.29) is 0 Å². The van der Waals surface area contributed by atoms with E-state index in [9.17, 15) is 0 Å². The summed E-state index contributed by atoms with van der Waals surface area (Å²) >= 11 is 0. The van der Waals surface area contributed by atoms with E-state index >= 15 is 0 Å². The molecule has 19 heavy (non-hydrogen) atoms. The number of aromatic nitrogens is 1. The van der Waals surface area contributed by atoms with Crippen molar-refractivity contribution in [3.63, 3.8) is 0 Å². The maximum atomic E-state index is 5.78. The molecule has 0 amide bonds. The minimum absolute atomic E-state index is 0.698. The second-order valence-electron chi connectivity index (χ2n) is 5.18. The van der Waals surface area contributed by atoms with Crippen LogP contribution < -0.4 is 10.5 Å². The fraction of sp³-hybridized carbons (Fsp3) is 0.500. The Balaban J connectivity index is 2.18. The van der Waals surface area contributed by atoms with Crippen LogP contribution in [0.25, 0.3) is 10.9 Å². The van der Waals surface area contributed by atoms with Crippen LogP contribution in [-0.2, 0) is 19.4 Å². The lowest BCUT2D eigenvalue weighted by molar-refractivity contribution is 0.340. The van der Waals surface area contributed by atoms with Crippen LogP contribution in [0.4, 0.5) is 0 Å². The SMILES string of the molecule is CCOc1ccc2c(c1)c1c(n2CCN)CCCC1. The van der Waals surface area contributed by atoms with Crippen LogP contribution in [0.15, 0.2) is 18.2 Å². The minimum Gasteiger partial charge on any atom is -0.494 e. The molecule has 1 aromatic carbocycles. The van der Waals surface area contributed by atoms with Gasteiger partial charge in [-0.15, -0.1) is 0 Å². The minimum atomic E-state index is 0.698. The van der Waals surface area contributed by atoms with Gasteiger partial charge in [0, 0.05) is 29.7 Å². The number of ether oxygens (including phenoxy) is 1. The van der Waals surface area contributed by atoms with Crippen molar-refractivity contribution in [2.45, 2.75) is 39.2 Å². The molecule has 2 aromatic rings. The van der Waals surface area contributed by atoms with E-state index in [1.54, 1.807) is 0 Å². The molecular weight excluding hydrogens is 236 g/mol. The topological polar surface area (TPSA) is 40.2 Å². The number of hydrogen-bond donors (Lipinski definition) is 1. The van der Waals surface area contributed by atoms with E-state index < -0.39 is 0 Å². The zero-order valence-electron chi connectivity index (χ0n) is 11.6. The van der Waals surface area contributed by atoms with Gasteiger partial charge in [0.2, 0.25) is 0 Å². The molecule has 0 bridgehead atoms. The van der Waals surface area contributed by atoms with Crippen LogP contribution in [0.5, 0.6) is 5.75 Å². The van der Waals surface area contributed by atoms with E-state index in [0.717, 1.165) is 18.9 Å². The van der Waals surface area contributed by atoms with Gasteiger partial charge in [0.15, 0.2) is 0 Å². The zero-order valence-corrected chi connectivity index (χ0v) is 11.6. The van der Waals surface area contributed by atoms with Crippen LogP contribution in [0, 0.1) is 0 Å². The number of fused-ring (bicyclic) bond motifs is 3. The number of nitrogens with two attached hydrogens (primary N) is 1. The summed E-state index contributed by atoms with van der Waals surface area (Å²) in [6.45, 7) is 4.36. The second kappa shape index (κ2) is 5.25.